The molecule has 0 saturated carbocycles. The van der Waals surface area contributed by atoms with Gasteiger partial charge in [0.15, 0.2) is 0 Å². The van der Waals surface area contributed by atoms with E-state index < -0.39 is 0 Å². The molecule has 0 amide bonds. The highest BCUT2D eigenvalue weighted by molar-refractivity contribution is 9.10. The number of anilines is 2. The summed E-state index contributed by atoms with van der Waals surface area (Å²) in [6.45, 7) is 9.79. The van der Waals surface area contributed by atoms with E-state index in [9.17, 15) is 0 Å². The van der Waals surface area contributed by atoms with Crippen LogP contribution in [0, 0.1) is 0 Å². The van der Waals surface area contributed by atoms with Crippen molar-refractivity contribution in [1.29, 1.82) is 0 Å². The maximum Gasteiger partial charge on any atom is 0.241 e. The van der Waals surface area contributed by atoms with Gasteiger partial charge < -0.3 is 19.3 Å². The van der Waals surface area contributed by atoms with Gasteiger partial charge in [0.2, 0.25) is 17.8 Å². The number of hydrogen-bond donors (Lipinski definition) is 0. The molecule has 10 heteroatoms. The molecule has 1 fully saturated rings. The quantitative estimate of drug-likeness (QED) is 0.588. The molecule has 0 spiro atoms. The summed E-state index contributed by atoms with van der Waals surface area (Å²) in [4.78, 5) is 22.4. The van der Waals surface area contributed by atoms with Crippen molar-refractivity contribution >= 4 is 27.8 Å². The summed E-state index contributed by atoms with van der Waals surface area (Å²) in [6, 6.07) is 0. The van der Waals surface area contributed by atoms with E-state index in [-0.39, 0.29) is 0 Å². The molecule has 0 N–H and O–H groups in total. The molecule has 1 saturated heterocycles. The molecule has 3 heterocycles. The molecule has 0 bridgehead atoms. The third-order valence-electron chi connectivity index (χ3n) is 4.05. The standard InChI is InChI=1S/C16H24BrN7O2/c1-3-22(5-8-25-4-2)14-19-15(23-6-9-26-10-7-23)21-16(20-14)24-11-13(17)18-12-24/h11-12H,3-10H2,1-2H3. The molecule has 2 aromatic rings. The predicted octanol–water partition coefficient (Wildman–Crippen LogP) is 1.52. The van der Waals surface area contributed by atoms with Gasteiger partial charge in [0, 0.05) is 39.0 Å². The fourth-order valence-corrected chi connectivity index (χ4v) is 2.94. The Morgan fingerprint density at radius 3 is 2.62 bits per heavy atom. The van der Waals surface area contributed by atoms with Crippen molar-refractivity contribution in [1.82, 2.24) is 24.5 Å². The minimum Gasteiger partial charge on any atom is -0.380 e. The van der Waals surface area contributed by atoms with Crippen LogP contribution in [0.15, 0.2) is 17.1 Å². The lowest BCUT2D eigenvalue weighted by Crippen LogP contribution is -2.38. The van der Waals surface area contributed by atoms with Crippen LogP contribution < -0.4 is 9.80 Å². The van der Waals surface area contributed by atoms with E-state index in [4.69, 9.17) is 14.5 Å². The Morgan fingerprint density at radius 1 is 1.19 bits per heavy atom. The molecular formula is C16H24BrN7O2. The van der Waals surface area contributed by atoms with Crippen LogP contribution in [-0.2, 0) is 9.47 Å². The van der Waals surface area contributed by atoms with Gasteiger partial charge in [-0.3, -0.25) is 4.57 Å². The molecular weight excluding hydrogens is 402 g/mol. The van der Waals surface area contributed by atoms with E-state index in [0.717, 1.165) is 30.8 Å². The molecule has 0 aromatic carbocycles. The Morgan fingerprint density at radius 2 is 1.96 bits per heavy atom. The third-order valence-corrected chi connectivity index (χ3v) is 4.46. The summed E-state index contributed by atoms with van der Waals surface area (Å²) >= 11 is 3.37. The number of likely N-dealkylation sites (N-methyl/N-ethyl adjacent to an activating group) is 1. The summed E-state index contributed by atoms with van der Waals surface area (Å²) < 4.78 is 13.5. The second kappa shape index (κ2) is 9.24. The van der Waals surface area contributed by atoms with Crippen LogP contribution in [0.4, 0.5) is 11.9 Å². The maximum absolute atomic E-state index is 5.49. The van der Waals surface area contributed by atoms with E-state index in [2.05, 4.69) is 47.6 Å². The van der Waals surface area contributed by atoms with E-state index in [1.165, 1.54) is 0 Å². The molecule has 0 aliphatic carbocycles. The molecule has 1 aliphatic rings. The average molecular weight is 426 g/mol. The van der Waals surface area contributed by atoms with E-state index in [1.807, 2.05) is 13.1 Å². The SMILES string of the molecule is CCOCCN(CC)c1nc(N2CCOCC2)nc(-n2cnc(Br)c2)n1. The molecule has 142 valence electrons. The summed E-state index contributed by atoms with van der Waals surface area (Å²) in [6.07, 6.45) is 3.52. The number of nitrogens with zero attached hydrogens (tertiary/aromatic N) is 7. The normalized spacial score (nSPS) is 14.7. The number of ether oxygens (including phenoxy) is 2. The Labute approximate surface area is 161 Å². The van der Waals surface area contributed by atoms with Crippen LogP contribution in [0.1, 0.15) is 13.8 Å². The number of aromatic nitrogens is 5. The van der Waals surface area contributed by atoms with Gasteiger partial charge in [0.1, 0.15) is 10.9 Å². The van der Waals surface area contributed by atoms with Crippen LogP contribution in [0.3, 0.4) is 0 Å². The van der Waals surface area contributed by atoms with E-state index >= 15 is 0 Å². The van der Waals surface area contributed by atoms with Gasteiger partial charge in [0.05, 0.1) is 19.8 Å². The first-order chi connectivity index (χ1) is 12.7. The second-order valence-electron chi connectivity index (χ2n) is 5.72. The molecule has 0 atom stereocenters. The monoisotopic (exact) mass is 425 g/mol. The highest BCUT2D eigenvalue weighted by Gasteiger charge is 2.19. The van der Waals surface area contributed by atoms with Crippen molar-refractivity contribution in [2.75, 3.05) is 62.4 Å². The lowest BCUT2D eigenvalue weighted by Gasteiger charge is -2.28. The molecule has 26 heavy (non-hydrogen) atoms. The molecule has 2 aromatic heterocycles. The summed E-state index contributed by atoms with van der Waals surface area (Å²) in [5.74, 6) is 1.85. The first-order valence-electron chi connectivity index (χ1n) is 8.82. The number of rotatable bonds is 8. The minimum absolute atomic E-state index is 0.546. The third kappa shape index (κ3) is 4.68. The zero-order chi connectivity index (χ0) is 18.4. The van der Waals surface area contributed by atoms with Gasteiger partial charge in [-0.1, -0.05) is 0 Å². The van der Waals surface area contributed by atoms with Crippen molar-refractivity contribution in [3.8, 4) is 5.95 Å². The molecule has 0 unspecified atom stereocenters. The lowest BCUT2D eigenvalue weighted by molar-refractivity contribution is 0.122. The number of hydrogen-bond acceptors (Lipinski definition) is 8. The Kier molecular flexibility index (Phi) is 6.75. The van der Waals surface area contributed by atoms with Gasteiger partial charge in [-0.15, -0.1) is 0 Å². The second-order valence-corrected chi connectivity index (χ2v) is 6.53. The van der Waals surface area contributed by atoms with Gasteiger partial charge in [0.25, 0.3) is 0 Å². The average Bonchev–Trinajstić information content (AvgIpc) is 3.12. The van der Waals surface area contributed by atoms with Crippen molar-refractivity contribution in [2.24, 2.45) is 0 Å². The van der Waals surface area contributed by atoms with E-state index in [0.29, 0.717) is 44.3 Å². The van der Waals surface area contributed by atoms with Crippen LogP contribution in [0.5, 0.6) is 0 Å². The number of morpholine rings is 1. The van der Waals surface area contributed by atoms with Gasteiger partial charge in [-0.2, -0.15) is 15.0 Å². The fourth-order valence-electron chi connectivity index (χ4n) is 2.63. The minimum atomic E-state index is 0.546. The smallest absolute Gasteiger partial charge is 0.241 e. The summed E-state index contributed by atoms with van der Waals surface area (Å²) in [7, 11) is 0. The zero-order valence-corrected chi connectivity index (χ0v) is 16.7. The molecule has 1 aliphatic heterocycles. The van der Waals surface area contributed by atoms with Crippen molar-refractivity contribution in [3.05, 3.63) is 17.1 Å². The lowest BCUT2D eigenvalue weighted by atomic mass is 10.4. The van der Waals surface area contributed by atoms with Crippen molar-refractivity contribution in [3.63, 3.8) is 0 Å². The van der Waals surface area contributed by atoms with E-state index in [1.54, 1.807) is 10.9 Å². The van der Waals surface area contributed by atoms with Crippen LogP contribution in [0.25, 0.3) is 5.95 Å². The maximum atomic E-state index is 5.49. The van der Waals surface area contributed by atoms with Crippen LogP contribution >= 0.6 is 15.9 Å². The fraction of sp³-hybridized carbons (Fsp3) is 0.625. The van der Waals surface area contributed by atoms with Gasteiger partial charge in [-0.25, -0.2) is 4.98 Å². The Hall–Kier alpha value is -1.78. The molecule has 3 rings (SSSR count). The highest BCUT2D eigenvalue weighted by Crippen LogP contribution is 2.18. The zero-order valence-electron chi connectivity index (χ0n) is 15.1. The van der Waals surface area contributed by atoms with Gasteiger partial charge >= 0.3 is 0 Å². The molecule has 0 radical (unpaired) electrons. The first-order valence-corrected chi connectivity index (χ1v) is 9.62. The number of halogens is 1. The van der Waals surface area contributed by atoms with Crippen LogP contribution in [-0.4, -0.2) is 77.1 Å². The van der Waals surface area contributed by atoms with Crippen molar-refractivity contribution < 1.29 is 9.47 Å². The Bertz CT molecular complexity index is 706. The molecule has 9 nitrogen and oxygen atoms in total. The van der Waals surface area contributed by atoms with Crippen molar-refractivity contribution in [2.45, 2.75) is 13.8 Å². The first kappa shape index (κ1) is 19.0. The predicted molar refractivity (Wildman–Crippen MR) is 102 cm³/mol. The summed E-state index contributed by atoms with van der Waals surface area (Å²) in [5, 5.41) is 0. The highest BCUT2D eigenvalue weighted by atomic mass is 79.9. The largest absolute Gasteiger partial charge is 0.380 e. The topological polar surface area (TPSA) is 81.4 Å². The van der Waals surface area contributed by atoms with Gasteiger partial charge in [-0.05, 0) is 29.8 Å². The summed E-state index contributed by atoms with van der Waals surface area (Å²) in [5.41, 5.74) is 0. The Balaban J connectivity index is 1.93. The van der Waals surface area contributed by atoms with Crippen LogP contribution in [0.2, 0.25) is 0 Å². The number of imidazole rings is 1.